The van der Waals surface area contributed by atoms with Crippen LogP contribution in [0.2, 0.25) is 0 Å². The number of anilines is 1. The maximum absolute atomic E-state index is 16.1. The van der Waals surface area contributed by atoms with Crippen molar-refractivity contribution < 1.29 is 27.1 Å². The van der Waals surface area contributed by atoms with E-state index in [-0.39, 0.29) is 36.2 Å². The second kappa shape index (κ2) is 10.7. The van der Waals surface area contributed by atoms with Gasteiger partial charge in [-0.3, -0.25) is 4.79 Å². The standard InChI is InChI=1S/C27H27FN4O5S/c28-25-22-16-31(27(34)29-13-11-19-7-3-1-4-8-19)14-12-21(22)15-23(37-18-20-9-5-2-6-10-20)26(25)32-17-24(33)30-38(32,35)36/h1-10,15H,11-14,16-18H2,(H,29,34)(H,30,33). The van der Waals surface area contributed by atoms with E-state index in [9.17, 15) is 18.0 Å². The van der Waals surface area contributed by atoms with Gasteiger partial charge in [-0.1, -0.05) is 60.7 Å². The molecule has 3 aromatic carbocycles. The maximum atomic E-state index is 16.1. The first kappa shape index (κ1) is 25.5. The van der Waals surface area contributed by atoms with Crippen molar-refractivity contribution >= 4 is 27.8 Å². The van der Waals surface area contributed by atoms with Gasteiger partial charge in [0.05, 0.1) is 6.54 Å². The fourth-order valence-electron chi connectivity index (χ4n) is 4.59. The number of carbonyl (C=O) groups excluding carboxylic acids is 2. The van der Waals surface area contributed by atoms with Crippen LogP contribution < -0.4 is 19.1 Å². The summed E-state index contributed by atoms with van der Waals surface area (Å²) in [5, 5.41) is 2.87. The topological polar surface area (TPSA) is 108 Å². The lowest BCUT2D eigenvalue weighted by Crippen LogP contribution is -2.43. The summed E-state index contributed by atoms with van der Waals surface area (Å²) in [6.07, 6.45) is 1.02. The van der Waals surface area contributed by atoms with Crippen LogP contribution in [0.1, 0.15) is 22.3 Å². The van der Waals surface area contributed by atoms with E-state index in [0.29, 0.717) is 35.8 Å². The van der Waals surface area contributed by atoms with Crippen LogP contribution in [0.25, 0.3) is 0 Å². The molecule has 3 aromatic rings. The minimum Gasteiger partial charge on any atom is -0.487 e. The summed E-state index contributed by atoms with van der Waals surface area (Å²) in [4.78, 5) is 26.2. The Morgan fingerprint density at radius 1 is 1.03 bits per heavy atom. The van der Waals surface area contributed by atoms with Crippen LogP contribution in [-0.2, 0) is 41.0 Å². The molecule has 9 nitrogen and oxygen atoms in total. The number of rotatable bonds is 7. The van der Waals surface area contributed by atoms with Crippen molar-refractivity contribution in [3.63, 3.8) is 0 Å². The van der Waals surface area contributed by atoms with E-state index in [0.717, 1.165) is 11.1 Å². The van der Waals surface area contributed by atoms with Crippen LogP contribution in [0.15, 0.2) is 66.7 Å². The van der Waals surface area contributed by atoms with Crippen LogP contribution in [-0.4, -0.2) is 44.9 Å². The second-order valence-electron chi connectivity index (χ2n) is 9.13. The molecule has 38 heavy (non-hydrogen) atoms. The van der Waals surface area contributed by atoms with Crippen molar-refractivity contribution in [3.8, 4) is 5.75 Å². The van der Waals surface area contributed by atoms with Crippen molar-refractivity contribution in [1.29, 1.82) is 0 Å². The molecule has 3 amide bonds. The molecular formula is C27H27FN4O5S. The lowest BCUT2D eigenvalue weighted by molar-refractivity contribution is -0.117. The summed E-state index contributed by atoms with van der Waals surface area (Å²) in [7, 11) is -4.29. The lowest BCUT2D eigenvalue weighted by Gasteiger charge is -2.31. The third kappa shape index (κ3) is 5.42. The molecule has 0 radical (unpaired) electrons. The van der Waals surface area contributed by atoms with E-state index in [1.807, 2.05) is 65.4 Å². The smallest absolute Gasteiger partial charge is 0.326 e. The Morgan fingerprint density at radius 2 is 1.71 bits per heavy atom. The number of benzene rings is 3. The molecule has 11 heteroatoms. The molecule has 0 spiro atoms. The third-order valence-electron chi connectivity index (χ3n) is 6.53. The number of amides is 3. The van der Waals surface area contributed by atoms with Gasteiger partial charge in [-0.05, 0) is 35.6 Å². The molecule has 5 rings (SSSR count). The van der Waals surface area contributed by atoms with Crippen LogP contribution in [0.4, 0.5) is 14.9 Å². The highest BCUT2D eigenvalue weighted by Crippen LogP contribution is 2.40. The Morgan fingerprint density at radius 3 is 2.37 bits per heavy atom. The molecular weight excluding hydrogens is 511 g/mol. The Balaban J connectivity index is 1.39. The van der Waals surface area contributed by atoms with Gasteiger partial charge in [-0.15, -0.1) is 0 Å². The molecule has 0 aliphatic carbocycles. The van der Waals surface area contributed by atoms with Gasteiger partial charge < -0.3 is 15.0 Å². The number of fused-ring (bicyclic) bond motifs is 1. The second-order valence-corrected chi connectivity index (χ2v) is 10.7. The average molecular weight is 539 g/mol. The first-order chi connectivity index (χ1) is 18.3. The van der Waals surface area contributed by atoms with Gasteiger partial charge in [-0.2, -0.15) is 8.42 Å². The zero-order chi connectivity index (χ0) is 26.7. The van der Waals surface area contributed by atoms with Gasteiger partial charge in [0.1, 0.15) is 24.6 Å². The normalized spacial score (nSPS) is 16.1. The summed E-state index contributed by atoms with van der Waals surface area (Å²) < 4.78 is 49.8. The number of nitrogens with zero attached hydrogens (tertiary/aromatic N) is 2. The number of nitrogens with one attached hydrogen (secondary N) is 2. The number of ether oxygens (including phenoxy) is 1. The highest BCUT2D eigenvalue weighted by Gasteiger charge is 2.39. The Hall–Kier alpha value is -4.12. The number of urea groups is 1. The largest absolute Gasteiger partial charge is 0.487 e. The van der Waals surface area contributed by atoms with Gasteiger partial charge in [0, 0.05) is 18.7 Å². The lowest BCUT2D eigenvalue weighted by atomic mass is 9.97. The van der Waals surface area contributed by atoms with Gasteiger partial charge in [-0.25, -0.2) is 18.2 Å². The van der Waals surface area contributed by atoms with Crippen molar-refractivity contribution in [3.05, 3.63) is 94.8 Å². The molecule has 0 saturated carbocycles. The molecule has 0 unspecified atom stereocenters. The fraction of sp³-hybridized carbons (Fsp3) is 0.259. The zero-order valence-electron chi connectivity index (χ0n) is 20.5. The van der Waals surface area contributed by atoms with E-state index in [2.05, 4.69) is 5.32 Å². The van der Waals surface area contributed by atoms with Gasteiger partial charge in [0.15, 0.2) is 5.82 Å². The predicted molar refractivity (Wildman–Crippen MR) is 139 cm³/mol. The molecule has 0 aromatic heterocycles. The van der Waals surface area contributed by atoms with Gasteiger partial charge in [0.25, 0.3) is 5.91 Å². The molecule has 2 N–H and O–H groups in total. The van der Waals surface area contributed by atoms with Gasteiger partial charge >= 0.3 is 16.2 Å². The van der Waals surface area contributed by atoms with E-state index in [1.54, 1.807) is 6.07 Å². The first-order valence-electron chi connectivity index (χ1n) is 12.2. The number of carbonyl (C=O) groups is 2. The highest BCUT2D eigenvalue weighted by molar-refractivity contribution is 7.92. The SMILES string of the molecule is O=C1CN(c2c(OCc3ccccc3)cc3c(c2F)CN(C(=O)NCCc2ccccc2)CC3)S(=O)(=O)N1. The molecule has 198 valence electrons. The molecule has 2 aliphatic heterocycles. The van der Waals surface area contributed by atoms with E-state index in [4.69, 9.17) is 4.74 Å². The van der Waals surface area contributed by atoms with E-state index < -0.39 is 28.5 Å². The van der Waals surface area contributed by atoms with Crippen molar-refractivity contribution in [2.45, 2.75) is 26.0 Å². The average Bonchev–Trinajstić information content (AvgIpc) is 3.19. The summed E-state index contributed by atoms with van der Waals surface area (Å²) in [5.74, 6) is -1.58. The Kier molecular flexibility index (Phi) is 7.19. The van der Waals surface area contributed by atoms with Gasteiger partial charge in [0.2, 0.25) is 0 Å². The number of hydrogen-bond acceptors (Lipinski definition) is 5. The van der Waals surface area contributed by atoms with Crippen molar-refractivity contribution in [2.24, 2.45) is 0 Å². The zero-order valence-corrected chi connectivity index (χ0v) is 21.3. The summed E-state index contributed by atoms with van der Waals surface area (Å²) in [5.41, 5.74) is 2.38. The predicted octanol–water partition coefficient (Wildman–Crippen LogP) is 2.90. The van der Waals surface area contributed by atoms with E-state index >= 15 is 4.39 Å². The van der Waals surface area contributed by atoms with Crippen LogP contribution in [0.3, 0.4) is 0 Å². The van der Waals surface area contributed by atoms with E-state index in [1.165, 1.54) is 4.90 Å². The molecule has 0 atom stereocenters. The first-order valence-corrected chi connectivity index (χ1v) is 13.7. The molecule has 1 saturated heterocycles. The van der Waals surface area contributed by atoms with Crippen molar-refractivity contribution in [1.82, 2.24) is 14.9 Å². The van der Waals surface area contributed by atoms with Crippen molar-refractivity contribution in [2.75, 3.05) is 23.9 Å². The van der Waals surface area contributed by atoms with Crippen LogP contribution in [0, 0.1) is 5.82 Å². The summed E-state index contributed by atoms with van der Waals surface area (Å²) in [6, 6.07) is 20.2. The number of halogens is 1. The molecule has 0 bridgehead atoms. The Bertz CT molecular complexity index is 1450. The summed E-state index contributed by atoms with van der Waals surface area (Å²) >= 11 is 0. The minimum absolute atomic E-state index is 0.0194. The maximum Gasteiger partial charge on any atom is 0.326 e. The Labute approximate surface area is 220 Å². The van der Waals surface area contributed by atoms with Crippen LogP contribution >= 0.6 is 0 Å². The molecule has 2 aliphatic rings. The van der Waals surface area contributed by atoms with Crippen LogP contribution in [0.5, 0.6) is 5.75 Å². The molecule has 2 heterocycles. The molecule has 1 fully saturated rings. The summed E-state index contributed by atoms with van der Waals surface area (Å²) in [6.45, 7) is 0.259. The third-order valence-corrected chi connectivity index (χ3v) is 7.90. The monoisotopic (exact) mass is 538 g/mol. The quantitative estimate of drug-likeness (QED) is 0.481. The highest BCUT2D eigenvalue weighted by atomic mass is 32.2. The fourth-order valence-corrected chi connectivity index (χ4v) is 5.75. The minimum atomic E-state index is -4.29. The number of hydrogen-bond donors (Lipinski definition) is 2.